The molecule has 3 amide bonds. The monoisotopic (exact) mass is 447 g/mol. The molecule has 1 atom stereocenters. The number of urea groups is 1. The van der Waals surface area contributed by atoms with E-state index >= 15 is 0 Å². The van der Waals surface area contributed by atoms with Crippen LogP contribution in [0.5, 0.6) is 0 Å². The van der Waals surface area contributed by atoms with Crippen LogP contribution in [0.2, 0.25) is 0 Å². The molecule has 2 aromatic carbocycles. The summed E-state index contributed by atoms with van der Waals surface area (Å²) in [6, 6.07) is 16.8. The number of aromatic nitrogens is 2. The lowest BCUT2D eigenvalue weighted by Crippen LogP contribution is -2.42. The Bertz CT molecular complexity index is 1110. The van der Waals surface area contributed by atoms with Crippen molar-refractivity contribution in [3.05, 3.63) is 77.0 Å². The predicted molar refractivity (Wildman–Crippen MR) is 128 cm³/mol. The predicted octanol–water partition coefficient (Wildman–Crippen LogP) is 3.03. The number of H-pyrrole nitrogens is 1. The van der Waals surface area contributed by atoms with Gasteiger partial charge in [0.1, 0.15) is 0 Å². The summed E-state index contributed by atoms with van der Waals surface area (Å²) in [7, 11) is 5.79. The Morgan fingerprint density at radius 1 is 1.09 bits per heavy atom. The molecule has 0 saturated carbocycles. The summed E-state index contributed by atoms with van der Waals surface area (Å²) in [5.74, 6) is 0.209. The molecule has 0 saturated heterocycles. The number of nitrogens with zero attached hydrogens (tertiary/aromatic N) is 3. The fourth-order valence-electron chi connectivity index (χ4n) is 3.88. The molecule has 9 nitrogen and oxygen atoms in total. The SMILES string of the molecule is CNc1ccc(C(=O)Nc2n[nH]c3c2CN(C(=O)NC(CN(C)C)c2ccccc2)C3)cc1. The number of benzene rings is 2. The van der Waals surface area contributed by atoms with Crippen LogP contribution in [0.3, 0.4) is 0 Å². The maximum Gasteiger partial charge on any atom is 0.318 e. The number of hydrogen-bond acceptors (Lipinski definition) is 5. The van der Waals surface area contributed by atoms with Crippen LogP contribution in [0.25, 0.3) is 0 Å². The molecular formula is C24H29N7O2. The molecule has 1 unspecified atom stereocenters. The van der Waals surface area contributed by atoms with Gasteiger partial charge in [-0.2, -0.15) is 5.10 Å². The van der Waals surface area contributed by atoms with Gasteiger partial charge in [0.2, 0.25) is 0 Å². The highest BCUT2D eigenvalue weighted by Gasteiger charge is 2.30. The average Bonchev–Trinajstić information content (AvgIpc) is 3.41. The van der Waals surface area contributed by atoms with E-state index in [1.165, 1.54) is 0 Å². The third kappa shape index (κ3) is 5.15. The lowest BCUT2D eigenvalue weighted by Gasteiger charge is -2.26. The topological polar surface area (TPSA) is 105 Å². The van der Waals surface area contributed by atoms with E-state index in [1.54, 1.807) is 17.0 Å². The minimum Gasteiger partial charge on any atom is -0.388 e. The van der Waals surface area contributed by atoms with Gasteiger partial charge in [-0.1, -0.05) is 30.3 Å². The van der Waals surface area contributed by atoms with Crippen molar-refractivity contribution >= 4 is 23.4 Å². The van der Waals surface area contributed by atoms with E-state index < -0.39 is 0 Å². The Kier molecular flexibility index (Phi) is 6.60. The van der Waals surface area contributed by atoms with Crippen molar-refractivity contribution in [1.29, 1.82) is 0 Å². The lowest BCUT2D eigenvalue weighted by molar-refractivity contribution is 0.102. The molecule has 1 aromatic heterocycles. The minimum absolute atomic E-state index is 0.134. The van der Waals surface area contributed by atoms with E-state index in [9.17, 15) is 9.59 Å². The Balaban J connectivity index is 1.41. The summed E-state index contributed by atoms with van der Waals surface area (Å²) in [6.07, 6.45) is 0. The third-order valence-corrected chi connectivity index (χ3v) is 5.65. The van der Waals surface area contributed by atoms with Gasteiger partial charge in [0.05, 0.1) is 24.8 Å². The molecule has 0 spiro atoms. The Labute approximate surface area is 193 Å². The third-order valence-electron chi connectivity index (χ3n) is 5.65. The normalized spacial score (nSPS) is 13.5. The molecule has 172 valence electrons. The van der Waals surface area contributed by atoms with Crippen LogP contribution in [-0.2, 0) is 13.1 Å². The first kappa shape index (κ1) is 22.3. The molecule has 1 aliphatic heterocycles. The Morgan fingerprint density at radius 2 is 1.82 bits per heavy atom. The number of anilines is 2. The second-order valence-electron chi connectivity index (χ2n) is 8.34. The highest BCUT2D eigenvalue weighted by molar-refractivity contribution is 6.04. The zero-order chi connectivity index (χ0) is 23.4. The number of likely N-dealkylation sites (N-methyl/N-ethyl adjacent to an activating group) is 1. The van der Waals surface area contributed by atoms with Crippen molar-refractivity contribution in [3.8, 4) is 0 Å². The van der Waals surface area contributed by atoms with Crippen molar-refractivity contribution in [3.63, 3.8) is 0 Å². The quantitative estimate of drug-likeness (QED) is 0.446. The maximum atomic E-state index is 13.1. The second-order valence-corrected chi connectivity index (χ2v) is 8.34. The molecule has 1 aliphatic rings. The van der Waals surface area contributed by atoms with E-state index in [0.29, 0.717) is 31.0 Å². The van der Waals surface area contributed by atoms with Gasteiger partial charge in [-0.25, -0.2) is 4.79 Å². The molecule has 33 heavy (non-hydrogen) atoms. The first-order valence-electron chi connectivity index (χ1n) is 10.8. The molecule has 0 radical (unpaired) electrons. The van der Waals surface area contributed by atoms with Gasteiger partial charge in [-0.15, -0.1) is 0 Å². The van der Waals surface area contributed by atoms with E-state index in [0.717, 1.165) is 22.5 Å². The summed E-state index contributed by atoms with van der Waals surface area (Å²) >= 11 is 0. The molecule has 9 heteroatoms. The van der Waals surface area contributed by atoms with Gasteiger partial charge in [0.15, 0.2) is 5.82 Å². The molecule has 4 rings (SSSR count). The summed E-state index contributed by atoms with van der Waals surface area (Å²) in [5, 5.41) is 16.2. The van der Waals surface area contributed by atoms with E-state index in [-0.39, 0.29) is 18.0 Å². The minimum atomic E-state index is -0.245. The number of carbonyl (C=O) groups is 2. The van der Waals surface area contributed by atoms with Gasteiger partial charge in [-0.05, 0) is 43.9 Å². The lowest BCUT2D eigenvalue weighted by atomic mass is 10.1. The fourth-order valence-corrected chi connectivity index (χ4v) is 3.88. The number of nitrogens with one attached hydrogen (secondary N) is 4. The smallest absolute Gasteiger partial charge is 0.318 e. The Morgan fingerprint density at radius 3 is 2.48 bits per heavy atom. The van der Waals surface area contributed by atoms with Crippen molar-refractivity contribution < 1.29 is 9.59 Å². The van der Waals surface area contributed by atoms with Gasteiger partial charge in [-0.3, -0.25) is 9.89 Å². The van der Waals surface area contributed by atoms with Crippen LogP contribution in [0.1, 0.15) is 33.2 Å². The van der Waals surface area contributed by atoms with Crippen LogP contribution in [0, 0.1) is 0 Å². The van der Waals surface area contributed by atoms with Crippen LogP contribution < -0.4 is 16.0 Å². The number of rotatable bonds is 7. The first-order valence-corrected chi connectivity index (χ1v) is 10.8. The van der Waals surface area contributed by atoms with Gasteiger partial charge >= 0.3 is 6.03 Å². The largest absolute Gasteiger partial charge is 0.388 e. The summed E-state index contributed by atoms with van der Waals surface area (Å²) in [6.45, 7) is 1.46. The fraction of sp³-hybridized carbons (Fsp3) is 0.292. The van der Waals surface area contributed by atoms with E-state index in [4.69, 9.17) is 0 Å². The molecule has 3 aromatic rings. The van der Waals surface area contributed by atoms with E-state index in [2.05, 4.69) is 26.1 Å². The van der Waals surface area contributed by atoms with Gasteiger partial charge in [0, 0.05) is 30.4 Å². The average molecular weight is 448 g/mol. The first-order chi connectivity index (χ1) is 15.9. The van der Waals surface area contributed by atoms with Crippen LogP contribution in [0.4, 0.5) is 16.3 Å². The van der Waals surface area contributed by atoms with Crippen molar-refractivity contribution in [2.75, 3.05) is 38.3 Å². The van der Waals surface area contributed by atoms with Crippen molar-refractivity contribution in [1.82, 2.24) is 25.3 Å². The van der Waals surface area contributed by atoms with Crippen LogP contribution >= 0.6 is 0 Å². The number of carbonyl (C=O) groups excluding carboxylic acids is 2. The van der Waals surface area contributed by atoms with Gasteiger partial charge in [0.25, 0.3) is 5.91 Å². The maximum absolute atomic E-state index is 13.1. The summed E-state index contributed by atoms with van der Waals surface area (Å²) in [4.78, 5) is 29.5. The number of hydrogen-bond donors (Lipinski definition) is 4. The van der Waals surface area contributed by atoms with Crippen LogP contribution in [-0.4, -0.2) is 59.6 Å². The number of fused-ring (bicyclic) bond motifs is 1. The zero-order valence-electron chi connectivity index (χ0n) is 19.1. The van der Waals surface area contributed by atoms with Gasteiger partial charge < -0.3 is 25.8 Å². The summed E-state index contributed by atoms with van der Waals surface area (Å²) in [5.41, 5.74) is 4.17. The molecule has 0 bridgehead atoms. The number of aromatic amines is 1. The molecule has 2 heterocycles. The highest BCUT2D eigenvalue weighted by Crippen LogP contribution is 2.28. The molecular weight excluding hydrogens is 418 g/mol. The summed E-state index contributed by atoms with van der Waals surface area (Å²) < 4.78 is 0. The second kappa shape index (κ2) is 9.74. The van der Waals surface area contributed by atoms with E-state index in [1.807, 2.05) is 68.5 Å². The van der Waals surface area contributed by atoms with Crippen molar-refractivity contribution in [2.45, 2.75) is 19.1 Å². The van der Waals surface area contributed by atoms with Crippen molar-refractivity contribution in [2.24, 2.45) is 0 Å². The number of amides is 3. The molecule has 0 aliphatic carbocycles. The Hall–Kier alpha value is -3.85. The standard InChI is InChI=1S/C24H29N7O2/c1-25-18-11-9-17(10-12-18)23(32)27-22-19-13-31(15-21(19)28-29-22)24(33)26-20(14-30(2)3)16-7-5-4-6-8-16/h4-12,20,25H,13-15H2,1-3H3,(H,26,33)(H2,27,28,29,32). The zero-order valence-corrected chi connectivity index (χ0v) is 19.1. The molecule has 4 N–H and O–H groups in total. The molecule has 0 fully saturated rings. The van der Waals surface area contributed by atoms with Crippen LogP contribution in [0.15, 0.2) is 54.6 Å². The highest BCUT2D eigenvalue weighted by atomic mass is 16.2.